The second kappa shape index (κ2) is 6.85. The minimum Gasteiger partial charge on any atom is -0.355 e. The molecule has 1 N–H and O–H groups in total. The quantitative estimate of drug-likeness (QED) is 0.747. The lowest BCUT2D eigenvalue weighted by molar-refractivity contribution is -0.139. The van der Waals surface area contributed by atoms with Gasteiger partial charge in [-0.05, 0) is 73.7 Å². The van der Waals surface area contributed by atoms with Crippen LogP contribution < -0.4 is 5.32 Å². The van der Waals surface area contributed by atoms with Crippen LogP contribution in [-0.4, -0.2) is 36.3 Å². The highest BCUT2D eigenvalue weighted by Crippen LogP contribution is 2.65. The average Bonchev–Trinajstić information content (AvgIpc) is 2.99. The Morgan fingerprint density at radius 3 is 2.55 bits per heavy atom. The van der Waals surface area contributed by atoms with Crippen LogP contribution in [0.4, 0.5) is 0 Å². The molecule has 0 radical (unpaired) electrons. The highest BCUT2D eigenvalue weighted by molar-refractivity contribution is 5.89. The summed E-state index contributed by atoms with van der Waals surface area (Å²) in [5, 5.41) is 3.26. The second-order valence-electron chi connectivity index (χ2n) is 11.9. The van der Waals surface area contributed by atoms with Crippen LogP contribution in [-0.2, 0) is 9.59 Å². The summed E-state index contributed by atoms with van der Waals surface area (Å²) in [6.45, 7) is 11.7. The number of likely N-dealkylation sites (N-methyl/N-ethyl adjacent to an activating group) is 1. The van der Waals surface area contributed by atoms with Gasteiger partial charge in [0, 0.05) is 30.5 Å². The van der Waals surface area contributed by atoms with E-state index in [1.807, 2.05) is 38.8 Å². The molecule has 2 amide bonds. The Morgan fingerprint density at radius 1 is 1.14 bits per heavy atom. The lowest BCUT2D eigenvalue weighted by Crippen LogP contribution is -2.59. The van der Waals surface area contributed by atoms with Crippen LogP contribution in [0.2, 0.25) is 0 Å². The number of fused-ring (bicyclic) bond motifs is 5. The number of carbonyl (C=O) groups excluding carboxylic acids is 2. The van der Waals surface area contributed by atoms with E-state index in [1.54, 1.807) is 0 Å². The van der Waals surface area contributed by atoms with Gasteiger partial charge in [0.25, 0.3) is 0 Å². The molecule has 7 atom stereocenters. The standard InChI is InChI=1S/C25H40N2O2/c1-23(2,3)22(29)26-15-16-7-9-18-17-8-10-20-25(5,14-12-21(28)27(20)6)19(17)11-13-24(16,18)4/h12,14,16-20H,7-11,13,15H2,1-6H3,(H,26,29)/t16?,17-,18-,19+,20?,24+,25+/m0/s1. The molecule has 4 rings (SSSR count). The fourth-order valence-electron chi connectivity index (χ4n) is 7.66. The molecule has 29 heavy (non-hydrogen) atoms. The Kier molecular flexibility index (Phi) is 4.94. The van der Waals surface area contributed by atoms with Crippen molar-refractivity contribution in [3.8, 4) is 0 Å². The molecule has 0 aromatic heterocycles. The second-order valence-corrected chi connectivity index (χ2v) is 11.9. The van der Waals surface area contributed by atoms with Gasteiger partial charge in [-0.25, -0.2) is 0 Å². The van der Waals surface area contributed by atoms with Crippen LogP contribution in [0.1, 0.15) is 73.1 Å². The van der Waals surface area contributed by atoms with Gasteiger partial charge in [0.1, 0.15) is 0 Å². The first-order valence-electron chi connectivity index (χ1n) is 11.7. The van der Waals surface area contributed by atoms with Crippen molar-refractivity contribution >= 4 is 11.8 Å². The van der Waals surface area contributed by atoms with Crippen molar-refractivity contribution in [1.82, 2.24) is 10.2 Å². The van der Waals surface area contributed by atoms with Crippen molar-refractivity contribution in [3.63, 3.8) is 0 Å². The van der Waals surface area contributed by atoms with Gasteiger partial charge in [0.2, 0.25) is 11.8 Å². The van der Waals surface area contributed by atoms with Crippen molar-refractivity contribution in [2.24, 2.45) is 39.9 Å². The maximum atomic E-state index is 12.4. The summed E-state index contributed by atoms with van der Waals surface area (Å²) in [7, 11) is 1.99. The van der Waals surface area contributed by atoms with Crippen molar-refractivity contribution in [3.05, 3.63) is 12.2 Å². The van der Waals surface area contributed by atoms with E-state index in [9.17, 15) is 9.59 Å². The lowest BCUT2D eigenvalue weighted by atomic mass is 9.47. The maximum Gasteiger partial charge on any atom is 0.246 e. The molecule has 4 heteroatoms. The Balaban J connectivity index is 1.52. The van der Waals surface area contributed by atoms with Crippen LogP contribution >= 0.6 is 0 Å². The van der Waals surface area contributed by atoms with Gasteiger partial charge >= 0.3 is 0 Å². The normalized spacial score (nSPS) is 44.1. The third kappa shape index (κ3) is 3.16. The van der Waals surface area contributed by atoms with E-state index in [0.29, 0.717) is 23.3 Å². The van der Waals surface area contributed by atoms with Crippen LogP contribution in [0, 0.1) is 39.9 Å². The van der Waals surface area contributed by atoms with Gasteiger partial charge in [-0.15, -0.1) is 0 Å². The van der Waals surface area contributed by atoms with E-state index >= 15 is 0 Å². The third-order valence-electron chi connectivity index (χ3n) is 9.51. The van der Waals surface area contributed by atoms with Gasteiger partial charge in [-0.2, -0.15) is 0 Å². The first-order chi connectivity index (χ1) is 13.5. The van der Waals surface area contributed by atoms with Gasteiger partial charge < -0.3 is 10.2 Å². The largest absolute Gasteiger partial charge is 0.355 e. The van der Waals surface area contributed by atoms with E-state index in [0.717, 1.165) is 24.8 Å². The molecule has 0 bridgehead atoms. The number of hydrogen-bond acceptors (Lipinski definition) is 2. The topological polar surface area (TPSA) is 49.4 Å². The molecule has 4 aliphatic rings. The summed E-state index contributed by atoms with van der Waals surface area (Å²) in [5.74, 6) is 3.12. The average molecular weight is 401 g/mol. The molecule has 162 valence electrons. The minimum absolute atomic E-state index is 0.117. The Bertz CT molecular complexity index is 723. The smallest absolute Gasteiger partial charge is 0.246 e. The monoisotopic (exact) mass is 400 g/mol. The van der Waals surface area contributed by atoms with E-state index in [-0.39, 0.29) is 22.6 Å². The Morgan fingerprint density at radius 2 is 1.86 bits per heavy atom. The van der Waals surface area contributed by atoms with Crippen molar-refractivity contribution in [2.45, 2.75) is 79.2 Å². The van der Waals surface area contributed by atoms with Crippen molar-refractivity contribution in [1.29, 1.82) is 0 Å². The third-order valence-corrected chi connectivity index (χ3v) is 9.51. The zero-order valence-electron chi connectivity index (χ0n) is 19.3. The van der Waals surface area contributed by atoms with Gasteiger partial charge in [-0.3, -0.25) is 9.59 Å². The van der Waals surface area contributed by atoms with Crippen LogP contribution in [0.3, 0.4) is 0 Å². The van der Waals surface area contributed by atoms with Gasteiger partial charge in [0.05, 0.1) is 0 Å². The Labute approximate surface area is 176 Å². The Hall–Kier alpha value is -1.32. The fourth-order valence-corrected chi connectivity index (χ4v) is 7.66. The summed E-state index contributed by atoms with van der Waals surface area (Å²) in [6.07, 6.45) is 11.5. The molecule has 0 spiro atoms. The highest BCUT2D eigenvalue weighted by Gasteiger charge is 2.60. The summed E-state index contributed by atoms with van der Waals surface area (Å²) < 4.78 is 0. The molecule has 1 heterocycles. The molecular weight excluding hydrogens is 360 g/mol. The van der Waals surface area contributed by atoms with Crippen LogP contribution in [0.25, 0.3) is 0 Å². The van der Waals surface area contributed by atoms with E-state index < -0.39 is 0 Å². The predicted octanol–water partition coefficient (Wildman–Crippen LogP) is 4.40. The lowest BCUT2D eigenvalue weighted by Gasteiger charge is -2.60. The summed E-state index contributed by atoms with van der Waals surface area (Å²) in [4.78, 5) is 26.7. The molecule has 3 saturated carbocycles. The summed E-state index contributed by atoms with van der Waals surface area (Å²) >= 11 is 0. The summed E-state index contributed by atoms with van der Waals surface area (Å²) in [6, 6.07) is 0.355. The van der Waals surface area contributed by atoms with E-state index in [4.69, 9.17) is 0 Å². The molecule has 0 aromatic rings. The number of rotatable bonds is 2. The van der Waals surface area contributed by atoms with Crippen LogP contribution in [0.15, 0.2) is 12.2 Å². The zero-order chi connectivity index (χ0) is 21.2. The molecule has 0 aromatic carbocycles. The summed E-state index contributed by atoms with van der Waals surface area (Å²) in [5.41, 5.74) is 0.140. The van der Waals surface area contributed by atoms with E-state index in [1.165, 1.54) is 32.1 Å². The number of nitrogens with one attached hydrogen (secondary N) is 1. The number of amides is 2. The predicted molar refractivity (Wildman–Crippen MR) is 116 cm³/mol. The minimum atomic E-state index is -0.319. The molecule has 3 fully saturated rings. The molecular formula is C25H40N2O2. The van der Waals surface area contributed by atoms with Gasteiger partial charge in [0.15, 0.2) is 0 Å². The first kappa shape index (κ1) is 20.9. The molecule has 4 nitrogen and oxygen atoms in total. The van der Waals surface area contributed by atoms with Crippen molar-refractivity contribution < 1.29 is 9.59 Å². The number of nitrogens with zero attached hydrogens (tertiary/aromatic N) is 1. The van der Waals surface area contributed by atoms with E-state index in [2.05, 4.69) is 25.2 Å². The SMILES string of the molecule is CN1C(=O)C=C[C@@]2(C)C1CC[C@@H]1[C@H]2CC[C@]2(C)C(CNC(=O)C(C)(C)C)CC[C@@H]12. The van der Waals surface area contributed by atoms with Crippen LogP contribution in [0.5, 0.6) is 0 Å². The number of carbonyl (C=O) groups is 2. The molecule has 0 saturated heterocycles. The van der Waals surface area contributed by atoms with Gasteiger partial charge in [-0.1, -0.05) is 40.7 Å². The highest BCUT2D eigenvalue weighted by atomic mass is 16.2. The molecule has 1 aliphatic heterocycles. The molecule has 2 unspecified atom stereocenters. The first-order valence-corrected chi connectivity index (χ1v) is 11.7. The number of hydrogen-bond donors (Lipinski definition) is 1. The zero-order valence-corrected chi connectivity index (χ0v) is 19.3. The fraction of sp³-hybridized carbons (Fsp3) is 0.840. The molecule has 3 aliphatic carbocycles. The maximum absolute atomic E-state index is 12.4. The van der Waals surface area contributed by atoms with Crippen molar-refractivity contribution in [2.75, 3.05) is 13.6 Å².